The Kier molecular flexibility index (Phi) is 7.64. The number of methoxy groups -OCH3 is 2. The lowest BCUT2D eigenvalue weighted by molar-refractivity contribution is 0.0597. The number of phenols is 1. The number of hydrogen-bond donors (Lipinski definition) is 1. The molecule has 0 aliphatic carbocycles. The van der Waals surface area contributed by atoms with Gasteiger partial charge in [-0.1, -0.05) is 66.3 Å². The van der Waals surface area contributed by atoms with Gasteiger partial charge in [-0.3, -0.25) is 0 Å². The third-order valence-corrected chi connectivity index (χ3v) is 4.19. The Morgan fingerprint density at radius 3 is 2.36 bits per heavy atom. The molecule has 146 valence electrons. The molecule has 1 N–H and O–H groups in total. The molecular formula is C24H26O4. The van der Waals surface area contributed by atoms with Gasteiger partial charge < -0.3 is 14.6 Å². The van der Waals surface area contributed by atoms with Crippen LogP contribution in [0.2, 0.25) is 0 Å². The molecule has 0 unspecified atom stereocenters. The number of aromatic hydroxyl groups is 1. The number of esters is 1. The molecule has 2 aromatic carbocycles. The van der Waals surface area contributed by atoms with Crippen LogP contribution in [0.15, 0.2) is 60.2 Å². The molecule has 0 bridgehead atoms. The summed E-state index contributed by atoms with van der Waals surface area (Å²) in [6, 6.07) is 11.6. The third-order valence-electron chi connectivity index (χ3n) is 4.19. The van der Waals surface area contributed by atoms with Crippen molar-refractivity contribution < 1.29 is 19.4 Å². The van der Waals surface area contributed by atoms with E-state index >= 15 is 0 Å². The predicted molar refractivity (Wildman–Crippen MR) is 114 cm³/mol. The van der Waals surface area contributed by atoms with Gasteiger partial charge in [-0.25, -0.2) is 4.79 Å². The van der Waals surface area contributed by atoms with Crippen LogP contribution in [0.5, 0.6) is 11.5 Å². The highest BCUT2D eigenvalue weighted by Gasteiger charge is 2.22. The summed E-state index contributed by atoms with van der Waals surface area (Å²) in [5.74, 6) is -0.185. The molecule has 2 aromatic rings. The molecule has 0 saturated heterocycles. The summed E-state index contributed by atoms with van der Waals surface area (Å²) in [6.07, 6.45) is 9.81. The van der Waals surface area contributed by atoms with Gasteiger partial charge in [0, 0.05) is 5.56 Å². The van der Waals surface area contributed by atoms with E-state index in [1.807, 2.05) is 68.5 Å². The van der Waals surface area contributed by atoms with Crippen molar-refractivity contribution in [2.45, 2.75) is 20.3 Å². The van der Waals surface area contributed by atoms with Crippen LogP contribution in [0.4, 0.5) is 0 Å². The van der Waals surface area contributed by atoms with E-state index in [0.29, 0.717) is 23.3 Å². The number of allylic oxidation sites excluding steroid dienone is 4. The van der Waals surface area contributed by atoms with Crippen molar-refractivity contribution in [3.63, 3.8) is 0 Å². The largest absolute Gasteiger partial charge is 0.507 e. The van der Waals surface area contributed by atoms with Gasteiger partial charge >= 0.3 is 5.97 Å². The van der Waals surface area contributed by atoms with Crippen molar-refractivity contribution >= 4 is 18.1 Å². The van der Waals surface area contributed by atoms with Gasteiger partial charge in [-0.2, -0.15) is 0 Å². The maximum Gasteiger partial charge on any atom is 0.342 e. The minimum atomic E-state index is -0.592. The van der Waals surface area contributed by atoms with Crippen LogP contribution in [0.1, 0.15) is 40.9 Å². The summed E-state index contributed by atoms with van der Waals surface area (Å²) in [4.78, 5) is 12.3. The molecule has 0 aromatic heterocycles. The van der Waals surface area contributed by atoms with Gasteiger partial charge in [-0.05, 0) is 37.5 Å². The number of rotatable bonds is 7. The fourth-order valence-corrected chi connectivity index (χ4v) is 2.73. The number of carbonyl (C=O) groups excluding carboxylic acids is 1. The highest BCUT2D eigenvalue weighted by atomic mass is 16.5. The van der Waals surface area contributed by atoms with Gasteiger partial charge in [0.1, 0.15) is 17.1 Å². The molecule has 0 saturated carbocycles. The van der Waals surface area contributed by atoms with Crippen molar-refractivity contribution in [3.05, 3.63) is 82.5 Å². The maximum atomic E-state index is 12.3. The SMILES string of the molecule is COC(=O)c1c(/C=C/C=C/c2ccccc2)cc(OC)c(CC=C(C)C)c1O. The van der Waals surface area contributed by atoms with Gasteiger partial charge in [-0.15, -0.1) is 0 Å². The van der Waals surface area contributed by atoms with Crippen molar-refractivity contribution in [2.24, 2.45) is 0 Å². The molecule has 0 aliphatic rings. The van der Waals surface area contributed by atoms with Gasteiger partial charge in [0.25, 0.3) is 0 Å². The molecule has 28 heavy (non-hydrogen) atoms. The molecule has 0 heterocycles. The number of ether oxygens (including phenoxy) is 2. The smallest absolute Gasteiger partial charge is 0.342 e. The Morgan fingerprint density at radius 2 is 1.75 bits per heavy atom. The van der Waals surface area contributed by atoms with Crippen LogP contribution < -0.4 is 4.74 Å². The third kappa shape index (κ3) is 5.36. The van der Waals surface area contributed by atoms with Crippen molar-refractivity contribution in [1.29, 1.82) is 0 Å². The quantitative estimate of drug-likeness (QED) is 0.397. The number of benzene rings is 2. The first-order valence-corrected chi connectivity index (χ1v) is 9.02. The summed E-state index contributed by atoms with van der Waals surface area (Å²) in [5.41, 5.74) is 3.39. The molecule has 0 spiro atoms. The Morgan fingerprint density at radius 1 is 1.07 bits per heavy atom. The highest BCUT2D eigenvalue weighted by Crippen LogP contribution is 2.36. The van der Waals surface area contributed by atoms with Gasteiger partial charge in [0.15, 0.2) is 0 Å². The average Bonchev–Trinajstić information content (AvgIpc) is 2.70. The van der Waals surface area contributed by atoms with Crippen molar-refractivity contribution in [3.8, 4) is 11.5 Å². The zero-order chi connectivity index (χ0) is 20.5. The van der Waals surface area contributed by atoms with Crippen LogP contribution in [-0.4, -0.2) is 25.3 Å². The lowest BCUT2D eigenvalue weighted by Gasteiger charge is -2.15. The summed E-state index contributed by atoms with van der Waals surface area (Å²) in [7, 11) is 2.84. The van der Waals surface area contributed by atoms with Crippen LogP contribution in [0.25, 0.3) is 12.2 Å². The number of hydrogen-bond acceptors (Lipinski definition) is 4. The molecule has 0 radical (unpaired) electrons. The van der Waals surface area contributed by atoms with E-state index in [1.54, 1.807) is 19.3 Å². The topological polar surface area (TPSA) is 55.8 Å². The zero-order valence-electron chi connectivity index (χ0n) is 16.7. The maximum absolute atomic E-state index is 12.3. The fraction of sp³-hybridized carbons (Fsp3) is 0.208. The molecule has 0 atom stereocenters. The molecule has 4 nitrogen and oxygen atoms in total. The molecule has 4 heteroatoms. The van der Waals surface area contributed by atoms with E-state index in [9.17, 15) is 9.90 Å². The lowest BCUT2D eigenvalue weighted by atomic mass is 9.97. The van der Waals surface area contributed by atoms with Crippen LogP contribution in [-0.2, 0) is 11.2 Å². The van der Waals surface area contributed by atoms with E-state index in [1.165, 1.54) is 7.11 Å². The van der Waals surface area contributed by atoms with Gasteiger partial charge in [0.05, 0.1) is 14.2 Å². The normalized spacial score (nSPS) is 11.0. The molecule has 2 rings (SSSR count). The Bertz CT molecular complexity index is 902. The minimum absolute atomic E-state index is 0.115. The Balaban J connectivity index is 2.45. The fourth-order valence-electron chi connectivity index (χ4n) is 2.73. The first kappa shape index (κ1) is 21.0. The van der Waals surface area contributed by atoms with E-state index in [-0.39, 0.29) is 11.3 Å². The molecular weight excluding hydrogens is 352 g/mol. The molecule has 0 fully saturated rings. The van der Waals surface area contributed by atoms with E-state index < -0.39 is 5.97 Å². The summed E-state index contributed by atoms with van der Waals surface area (Å²) >= 11 is 0. The summed E-state index contributed by atoms with van der Waals surface area (Å²) in [5, 5.41) is 10.8. The van der Waals surface area contributed by atoms with Crippen LogP contribution in [0.3, 0.4) is 0 Å². The summed E-state index contributed by atoms with van der Waals surface area (Å²) < 4.78 is 10.3. The van der Waals surface area contributed by atoms with Crippen LogP contribution >= 0.6 is 0 Å². The Hall–Kier alpha value is -3.27. The van der Waals surface area contributed by atoms with E-state index in [0.717, 1.165) is 11.1 Å². The molecule has 0 amide bonds. The van der Waals surface area contributed by atoms with Crippen molar-refractivity contribution in [2.75, 3.05) is 14.2 Å². The standard InChI is InChI=1S/C24H26O4/c1-17(2)14-15-20-21(27-3)16-19(22(23(20)25)24(26)28-4)13-9-8-12-18-10-6-5-7-11-18/h5-14,16,25H,15H2,1-4H3/b12-8+,13-9+. The number of carbonyl (C=O) groups is 1. The first-order chi connectivity index (χ1) is 13.5. The Labute approximate surface area is 166 Å². The van der Waals surface area contributed by atoms with E-state index in [4.69, 9.17) is 9.47 Å². The average molecular weight is 378 g/mol. The monoisotopic (exact) mass is 378 g/mol. The first-order valence-electron chi connectivity index (χ1n) is 9.02. The highest BCUT2D eigenvalue weighted by molar-refractivity contribution is 5.97. The van der Waals surface area contributed by atoms with Gasteiger partial charge in [0.2, 0.25) is 0 Å². The second-order valence-electron chi connectivity index (χ2n) is 6.48. The molecule has 0 aliphatic heterocycles. The predicted octanol–water partition coefficient (Wildman–Crippen LogP) is 5.42. The second-order valence-corrected chi connectivity index (χ2v) is 6.48. The zero-order valence-corrected chi connectivity index (χ0v) is 16.7. The van der Waals surface area contributed by atoms with Crippen LogP contribution in [0, 0.1) is 0 Å². The van der Waals surface area contributed by atoms with Crippen molar-refractivity contribution in [1.82, 2.24) is 0 Å². The number of phenolic OH excluding ortho intramolecular Hbond substituents is 1. The summed E-state index contributed by atoms with van der Waals surface area (Å²) in [6.45, 7) is 3.95. The lowest BCUT2D eigenvalue weighted by Crippen LogP contribution is -2.07. The minimum Gasteiger partial charge on any atom is -0.507 e. The van der Waals surface area contributed by atoms with E-state index in [2.05, 4.69) is 0 Å². The second kappa shape index (κ2) is 10.2.